The van der Waals surface area contributed by atoms with Gasteiger partial charge >= 0.3 is 0 Å². The van der Waals surface area contributed by atoms with Crippen molar-refractivity contribution in [2.75, 3.05) is 0 Å². The van der Waals surface area contributed by atoms with E-state index < -0.39 is 11.7 Å². The van der Waals surface area contributed by atoms with Gasteiger partial charge in [0.1, 0.15) is 17.3 Å². The number of phenolic OH excluding ortho intramolecular Hbond substituents is 2. The van der Waals surface area contributed by atoms with Crippen molar-refractivity contribution in [3.63, 3.8) is 0 Å². The molecule has 3 N–H and O–H groups in total. The molecule has 2 aromatic rings. The number of amides is 1. The van der Waals surface area contributed by atoms with Gasteiger partial charge in [-0.15, -0.1) is 0 Å². The summed E-state index contributed by atoms with van der Waals surface area (Å²) in [4.78, 5) is 11.9. The van der Waals surface area contributed by atoms with Gasteiger partial charge in [0.25, 0.3) is 5.91 Å². The van der Waals surface area contributed by atoms with Crippen LogP contribution in [0.2, 0.25) is 0 Å². The van der Waals surface area contributed by atoms with E-state index in [0.29, 0.717) is 10.0 Å². The van der Waals surface area contributed by atoms with Crippen molar-refractivity contribution in [1.29, 1.82) is 0 Å². The second-order valence-electron chi connectivity index (χ2n) is 4.16. The van der Waals surface area contributed by atoms with Gasteiger partial charge in [-0.3, -0.25) is 4.79 Å². The Morgan fingerprint density at radius 1 is 1.15 bits per heavy atom. The number of benzene rings is 2. The largest absolute Gasteiger partial charge is 0.508 e. The number of carbonyl (C=O) groups excluding carboxylic acids is 1. The van der Waals surface area contributed by atoms with Gasteiger partial charge in [-0.1, -0.05) is 15.9 Å². The first-order valence-electron chi connectivity index (χ1n) is 5.71. The number of phenols is 2. The molecule has 0 atom stereocenters. The Labute approximate surface area is 123 Å². The van der Waals surface area contributed by atoms with Crippen molar-refractivity contribution in [2.24, 2.45) is 0 Å². The second-order valence-corrected chi connectivity index (χ2v) is 5.07. The summed E-state index contributed by atoms with van der Waals surface area (Å²) in [7, 11) is 0. The number of halogens is 2. The maximum atomic E-state index is 13.5. The first-order valence-corrected chi connectivity index (χ1v) is 6.50. The topological polar surface area (TPSA) is 69.6 Å². The van der Waals surface area contributed by atoms with Gasteiger partial charge in [-0.25, -0.2) is 4.39 Å². The SMILES string of the molecule is O=C(NCc1cc(Br)ccc1F)c1cc(O)cc(O)c1. The minimum atomic E-state index is -0.518. The first-order chi connectivity index (χ1) is 9.45. The predicted molar refractivity (Wildman–Crippen MR) is 75.0 cm³/mol. The fourth-order valence-corrected chi connectivity index (χ4v) is 2.09. The Morgan fingerprint density at radius 3 is 2.45 bits per heavy atom. The van der Waals surface area contributed by atoms with Crippen LogP contribution in [0.4, 0.5) is 4.39 Å². The summed E-state index contributed by atoms with van der Waals surface area (Å²) in [6.07, 6.45) is 0. The van der Waals surface area contributed by atoms with Gasteiger partial charge < -0.3 is 15.5 Å². The summed E-state index contributed by atoms with van der Waals surface area (Å²) in [5, 5.41) is 21.1. The monoisotopic (exact) mass is 339 g/mol. The molecule has 20 heavy (non-hydrogen) atoms. The zero-order chi connectivity index (χ0) is 14.7. The van der Waals surface area contributed by atoms with E-state index in [9.17, 15) is 19.4 Å². The number of nitrogens with one attached hydrogen (secondary N) is 1. The van der Waals surface area contributed by atoms with Crippen LogP contribution in [-0.4, -0.2) is 16.1 Å². The van der Waals surface area contributed by atoms with Crippen LogP contribution >= 0.6 is 15.9 Å². The predicted octanol–water partition coefficient (Wildman–Crippen LogP) is 2.93. The third kappa shape index (κ3) is 3.48. The third-order valence-electron chi connectivity index (χ3n) is 2.61. The molecule has 0 heterocycles. The van der Waals surface area contributed by atoms with E-state index in [0.717, 1.165) is 6.07 Å². The lowest BCUT2D eigenvalue weighted by molar-refractivity contribution is 0.0949. The van der Waals surface area contributed by atoms with Crippen molar-refractivity contribution >= 4 is 21.8 Å². The molecular weight excluding hydrogens is 329 g/mol. The summed E-state index contributed by atoms with van der Waals surface area (Å²) in [5.41, 5.74) is 0.426. The molecule has 2 rings (SSSR count). The molecule has 0 aliphatic heterocycles. The molecular formula is C14H11BrFNO3. The fourth-order valence-electron chi connectivity index (χ4n) is 1.68. The van der Waals surface area contributed by atoms with E-state index in [2.05, 4.69) is 21.2 Å². The molecule has 0 radical (unpaired) electrons. The highest BCUT2D eigenvalue weighted by molar-refractivity contribution is 9.10. The van der Waals surface area contributed by atoms with E-state index in [-0.39, 0.29) is 23.6 Å². The van der Waals surface area contributed by atoms with Crippen LogP contribution < -0.4 is 5.32 Å². The molecule has 0 aliphatic carbocycles. The van der Waals surface area contributed by atoms with Crippen LogP contribution in [0.25, 0.3) is 0 Å². The highest BCUT2D eigenvalue weighted by atomic mass is 79.9. The van der Waals surface area contributed by atoms with Crippen molar-refractivity contribution in [2.45, 2.75) is 6.54 Å². The molecule has 4 nitrogen and oxygen atoms in total. The lowest BCUT2D eigenvalue weighted by atomic mass is 10.1. The third-order valence-corrected chi connectivity index (χ3v) is 3.11. The molecule has 0 aromatic heterocycles. The molecule has 0 spiro atoms. The Bertz CT molecular complexity index is 641. The maximum absolute atomic E-state index is 13.5. The van der Waals surface area contributed by atoms with Gasteiger partial charge in [0.05, 0.1) is 0 Å². The first kappa shape index (κ1) is 14.3. The zero-order valence-electron chi connectivity index (χ0n) is 10.2. The van der Waals surface area contributed by atoms with Crippen LogP contribution in [0.1, 0.15) is 15.9 Å². The van der Waals surface area contributed by atoms with E-state index in [1.807, 2.05) is 0 Å². The molecule has 0 aliphatic rings. The molecule has 1 amide bonds. The smallest absolute Gasteiger partial charge is 0.251 e. The molecule has 0 fully saturated rings. The molecule has 6 heteroatoms. The highest BCUT2D eigenvalue weighted by Crippen LogP contribution is 2.20. The van der Waals surface area contributed by atoms with E-state index >= 15 is 0 Å². The van der Waals surface area contributed by atoms with Crippen LogP contribution in [0, 0.1) is 5.82 Å². The van der Waals surface area contributed by atoms with E-state index in [4.69, 9.17) is 0 Å². The number of rotatable bonds is 3. The molecule has 0 saturated heterocycles. The molecule has 0 unspecified atom stereocenters. The fraction of sp³-hybridized carbons (Fsp3) is 0.0714. The molecule has 0 bridgehead atoms. The van der Waals surface area contributed by atoms with Crippen LogP contribution in [-0.2, 0) is 6.54 Å². The number of hydrogen-bond acceptors (Lipinski definition) is 3. The highest BCUT2D eigenvalue weighted by Gasteiger charge is 2.10. The Kier molecular flexibility index (Phi) is 4.24. The van der Waals surface area contributed by atoms with Crippen LogP contribution in [0.5, 0.6) is 11.5 Å². The van der Waals surface area contributed by atoms with E-state index in [1.165, 1.54) is 18.2 Å². The van der Waals surface area contributed by atoms with Gasteiger partial charge in [0, 0.05) is 28.2 Å². The van der Waals surface area contributed by atoms with Gasteiger partial charge in [-0.2, -0.15) is 0 Å². The van der Waals surface area contributed by atoms with Crippen molar-refractivity contribution < 1.29 is 19.4 Å². The van der Waals surface area contributed by atoms with Crippen LogP contribution in [0.15, 0.2) is 40.9 Å². The Morgan fingerprint density at radius 2 is 1.80 bits per heavy atom. The van der Waals surface area contributed by atoms with Crippen molar-refractivity contribution in [3.05, 3.63) is 57.8 Å². The normalized spacial score (nSPS) is 10.3. The summed E-state index contributed by atoms with van der Waals surface area (Å²) < 4.78 is 14.2. The molecule has 2 aromatic carbocycles. The lowest BCUT2D eigenvalue weighted by Crippen LogP contribution is -2.23. The zero-order valence-corrected chi connectivity index (χ0v) is 11.8. The number of aromatic hydroxyl groups is 2. The Balaban J connectivity index is 2.10. The number of hydrogen-bond donors (Lipinski definition) is 3. The summed E-state index contributed by atoms with van der Waals surface area (Å²) in [6.45, 7) is 0.000521. The Hall–Kier alpha value is -2.08. The maximum Gasteiger partial charge on any atom is 0.251 e. The number of carbonyl (C=O) groups is 1. The van der Waals surface area contributed by atoms with Crippen molar-refractivity contribution in [3.8, 4) is 11.5 Å². The second kappa shape index (κ2) is 5.92. The minimum Gasteiger partial charge on any atom is -0.508 e. The average molecular weight is 340 g/mol. The van der Waals surface area contributed by atoms with Crippen molar-refractivity contribution in [1.82, 2.24) is 5.32 Å². The molecule has 104 valence electrons. The van der Waals surface area contributed by atoms with Crippen LogP contribution in [0.3, 0.4) is 0 Å². The van der Waals surface area contributed by atoms with Gasteiger partial charge in [-0.05, 0) is 30.3 Å². The van der Waals surface area contributed by atoms with Gasteiger partial charge in [0.2, 0.25) is 0 Å². The summed E-state index contributed by atoms with van der Waals surface area (Å²) >= 11 is 3.22. The quantitative estimate of drug-likeness (QED) is 0.805. The standard InChI is InChI=1S/C14H11BrFNO3/c15-10-1-2-13(16)9(3-10)7-17-14(20)8-4-11(18)6-12(19)5-8/h1-6,18-19H,7H2,(H,17,20). The minimum absolute atomic E-state index is 0.000521. The summed E-state index contributed by atoms with van der Waals surface area (Å²) in [6, 6.07) is 7.97. The summed E-state index contributed by atoms with van der Waals surface area (Å²) in [5.74, 6) is -1.38. The molecule has 0 saturated carbocycles. The van der Waals surface area contributed by atoms with Gasteiger partial charge in [0.15, 0.2) is 0 Å². The average Bonchev–Trinajstić information content (AvgIpc) is 2.38. The lowest BCUT2D eigenvalue weighted by Gasteiger charge is -2.07. The van der Waals surface area contributed by atoms with E-state index in [1.54, 1.807) is 12.1 Å².